The summed E-state index contributed by atoms with van der Waals surface area (Å²) >= 11 is 6.10. The van der Waals surface area contributed by atoms with E-state index in [-0.39, 0.29) is 5.58 Å². The molecule has 1 atom stereocenters. The van der Waals surface area contributed by atoms with Crippen LogP contribution in [0.4, 0.5) is 4.39 Å². The van der Waals surface area contributed by atoms with Crippen LogP contribution in [0.1, 0.15) is 17.4 Å². The van der Waals surface area contributed by atoms with Crippen LogP contribution in [-0.2, 0) is 0 Å². The lowest BCUT2D eigenvalue weighted by atomic mass is 10.1. The van der Waals surface area contributed by atoms with Gasteiger partial charge in [-0.3, -0.25) is 10.8 Å². The lowest BCUT2D eigenvalue weighted by Crippen LogP contribution is -2.28. The predicted octanol–water partition coefficient (Wildman–Crippen LogP) is 3.17. The molecule has 2 heterocycles. The summed E-state index contributed by atoms with van der Waals surface area (Å²) in [5, 5.41) is 1.13. The molecular formula is C14H11ClFN3O. The van der Waals surface area contributed by atoms with Gasteiger partial charge in [-0.2, -0.15) is 0 Å². The summed E-state index contributed by atoms with van der Waals surface area (Å²) in [6.45, 7) is 0. The smallest absolute Gasteiger partial charge is 0.169 e. The van der Waals surface area contributed by atoms with Crippen LogP contribution in [0.15, 0.2) is 47.1 Å². The van der Waals surface area contributed by atoms with Crippen LogP contribution in [-0.4, -0.2) is 4.98 Å². The van der Waals surface area contributed by atoms with Gasteiger partial charge in [0.05, 0.1) is 5.02 Å². The topological polar surface area (TPSA) is 64.1 Å². The highest BCUT2D eigenvalue weighted by molar-refractivity contribution is 6.31. The molecule has 0 spiro atoms. The fraction of sp³-hybridized carbons (Fsp3) is 0.0714. The highest BCUT2D eigenvalue weighted by Gasteiger charge is 2.20. The minimum Gasteiger partial charge on any atom is -0.456 e. The molecule has 3 aromatic rings. The Bertz CT molecular complexity index is 759. The molecule has 6 heteroatoms. The van der Waals surface area contributed by atoms with Crippen molar-refractivity contribution >= 4 is 22.6 Å². The number of aromatic nitrogens is 1. The molecule has 1 aromatic carbocycles. The van der Waals surface area contributed by atoms with Crippen molar-refractivity contribution < 1.29 is 8.81 Å². The Hall–Kier alpha value is -1.95. The van der Waals surface area contributed by atoms with E-state index in [1.165, 1.54) is 12.3 Å². The van der Waals surface area contributed by atoms with E-state index in [0.29, 0.717) is 21.7 Å². The number of fused-ring (bicyclic) bond motifs is 1. The first kappa shape index (κ1) is 13.1. The third-order valence-electron chi connectivity index (χ3n) is 3.08. The van der Waals surface area contributed by atoms with Crippen molar-refractivity contribution in [3.8, 4) is 0 Å². The van der Waals surface area contributed by atoms with Gasteiger partial charge in [0, 0.05) is 17.8 Å². The Labute approximate surface area is 119 Å². The van der Waals surface area contributed by atoms with Crippen LogP contribution < -0.4 is 11.3 Å². The second kappa shape index (κ2) is 5.20. The van der Waals surface area contributed by atoms with Gasteiger partial charge in [0.25, 0.3) is 0 Å². The van der Waals surface area contributed by atoms with Crippen molar-refractivity contribution in [2.45, 2.75) is 6.04 Å². The number of benzene rings is 1. The SMILES string of the molecule is NNC(c1cc2cccc(F)c2o1)c1ccncc1Cl. The quantitative estimate of drug-likeness (QED) is 0.575. The molecule has 0 aliphatic rings. The van der Waals surface area contributed by atoms with Crippen LogP contribution in [0.25, 0.3) is 11.0 Å². The van der Waals surface area contributed by atoms with Gasteiger partial charge < -0.3 is 4.42 Å². The molecule has 0 aliphatic carbocycles. The average molecular weight is 292 g/mol. The van der Waals surface area contributed by atoms with Crippen molar-refractivity contribution in [2.24, 2.45) is 5.84 Å². The average Bonchev–Trinajstić information content (AvgIpc) is 2.87. The van der Waals surface area contributed by atoms with Crippen molar-refractivity contribution in [2.75, 3.05) is 0 Å². The molecule has 0 amide bonds. The maximum atomic E-state index is 13.7. The number of nitrogens with two attached hydrogens (primary N) is 1. The molecular weight excluding hydrogens is 281 g/mol. The molecule has 102 valence electrons. The summed E-state index contributed by atoms with van der Waals surface area (Å²) < 4.78 is 19.2. The predicted molar refractivity (Wildman–Crippen MR) is 74.6 cm³/mol. The first-order chi connectivity index (χ1) is 9.70. The number of furan rings is 1. The van der Waals surface area contributed by atoms with Gasteiger partial charge in [-0.25, -0.2) is 9.82 Å². The molecule has 20 heavy (non-hydrogen) atoms. The molecule has 2 aromatic heterocycles. The number of hydrazine groups is 1. The molecule has 3 N–H and O–H groups in total. The van der Waals surface area contributed by atoms with E-state index in [2.05, 4.69) is 10.4 Å². The van der Waals surface area contributed by atoms with Gasteiger partial charge in [-0.05, 0) is 23.8 Å². The Morgan fingerprint density at radius 3 is 2.90 bits per heavy atom. The molecule has 0 radical (unpaired) electrons. The Morgan fingerprint density at radius 2 is 2.20 bits per heavy atom. The van der Waals surface area contributed by atoms with Crippen LogP contribution in [0.3, 0.4) is 0 Å². The number of halogens is 2. The van der Waals surface area contributed by atoms with Gasteiger partial charge in [-0.15, -0.1) is 0 Å². The van der Waals surface area contributed by atoms with Gasteiger partial charge in [0.1, 0.15) is 11.8 Å². The van der Waals surface area contributed by atoms with Crippen LogP contribution in [0, 0.1) is 5.82 Å². The molecule has 0 bridgehead atoms. The van der Waals surface area contributed by atoms with Crippen molar-refractivity contribution in [1.82, 2.24) is 10.4 Å². The number of nitrogens with zero attached hydrogens (tertiary/aromatic N) is 1. The van der Waals surface area contributed by atoms with Crippen LogP contribution in [0.5, 0.6) is 0 Å². The van der Waals surface area contributed by atoms with E-state index in [4.69, 9.17) is 21.9 Å². The number of pyridine rings is 1. The van der Waals surface area contributed by atoms with Crippen molar-refractivity contribution in [3.63, 3.8) is 0 Å². The largest absolute Gasteiger partial charge is 0.456 e. The molecule has 0 fully saturated rings. The second-order valence-electron chi connectivity index (χ2n) is 4.30. The number of para-hydroxylation sites is 1. The molecule has 0 aliphatic heterocycles. The fourth-order valence-corrected chi connectivity index (χ4v) is 2.36. The maximum absolute atomic E-state index is 13.7. The molecule has 3 rings (SSSR count). The number of rotatable bonds is 3. The fourth-order valence-electron chi connectivity index (χ4n) is 2.13. The van der Waals surface area contributed by atoms with E-state index in [1.807, 2.05) is 0 Å². The zero-order valence-electron chi connectivity index (χ0n) is 10.3. The first-order valence-electron chi connectivity index (χ1n) is 5.94. The van der Waals surface area contributed by atoms with Gasteiger partial charge in [-0.1, -0.05) is 23.7 Å². The number of hydrogen-bond acceptors (Lipinski definition) is 4. The minimum atomic E-state index is -0.475. The van der Waals surface area contributed by atoms with Gasteiger partial charge >= 0.3 is 0 Å². The number of hydrogen-bond donors (Lipinski definition) is 2. The summed E-state index contributed by atoms with van der Waals surface area (Å²) in [4.78, 5) is 3.92. The first-order valence-corrected chi connectivity index (χ1v) is 6.32. The normalized spacial score (nSPS) is 12.8. The second-order valence-corrected chi connectivity index (χ2v) is 4.71. The molecule has 1 unspecified atom stereocenters. The summed E-state index contributed by atoms with van der Waals surface area (Å²) in [6.07, 6.45) is 3.12. The van der Waals surface area contributed by atoms with Gasteiger partial charge in [0.2, 0.25) is 0 Å². The van der Waals surface area contributed by atoms with E-state index < -0.39 is 11.9 Å². The summed E-state index contributed by atoms with van der Waals surface area (Å²) in [5.74, 6) is 5.66. The monoisotopic (exact) mass is 291 g/mol. The Kier molecular flexibility index (Phi) is 3.40. The standard InChI is InChI=1S/C14H11ClFN3O/c15-10-7-18-5-4-9(10)13(19-17)12-6-8-2-1-3-11(16)14(8)20-12/h1-7,13,19H,17H2. The van der Waals surface area contributed by atoms with E-state index in [0.717, 1.165) is 0 Å². The molecule has 0 saturated heterocycles. The van der Waals surface area contributed by atoms with Crippen LogP contribution >= 0.6 is 11.6 Å². The lowest BCUT2D eigenvalue weighted by molar-refractivity contribution is 0.465. The molecule has 0 saturated carbocycles. The molecule has 4 nitrogen and oxygen atoms in total. The summed E-state index contributed by atoms with van der Waals surface area (Å²) in [7, 11) is 0. The van der Waals surface area contributed by atoms with Crippen molar-refractivity contribution in [1.29, 1.82) is 0 Å². The van der Waals surface area contributed by atoms with Crippen LogP contribution in [0.2, 0.25) is 5.02 Å². The number of nitrogens with one attached hydrogen (secondary N) is 1. The lowest BCUT2D eigenvalue weighted by Gasteiger charge is -2.14. The maximum Gasteiger partial charge on any atom is 0.169 e. The Balaban J connectivity index is 2.12. The zero-order valence-corrected chi connectivity index (χ0v) is 11.1. The van der Waals surface area contributed by atoms with Crippen molar-refractivity contribution in [3.05, 3.63) is 64.9 Å². The van der Waals surface area contributed by atoms with E-state index in [9.17, 15) is 4.39 Å². The summed E-state index contributed by atoms with van der Waals surface area (Å²) in [5.41, 5.74) is 3.54. The zero-order chi connectivity index (χ0) is 14.1. The van der Waals surface area contributed by atoms with E-state index >= 15 is 0 Å². The third kappa shape index (κ3) is 2.16. The summed E-state index contributed by atoms with van der Waals surface area (Å²) in [6, 6.07) is 7.74. The van der Waals surface area contributed by atoms with Gasteiger partial charge in [0.15, 0.2) is 11.4 Å². The highest BCUT2D eigenvalue weighted by Crippen LogP contribution is 2.31. The minimum absolute atomic E-state index is 0.202. The highest BCUT2D eigenvalue weighted by atomic mass is 35.5. The van der Waals surface area contributed by atoms with E-state index in [1.54, 1.807) is 30.5 Å². The Morgan fingerprint density at radius 1 is 1.35 bits per heavy atom. The third-order valence-corrected chi connectivity index (χ3v) is 3.40.